The number of fused-ring (bicyclic) bond motifs is 2. The van der Waals surface area contributed by atoms with E-state index in [1.165, 1.54) is 7.11 Å². The number of nitrogens with one attached hydrogen (secondary N) is 3. The van der Waals surface area contributed by atoms with Gasteiger partial charge < -0.3 is 29.6 Å². The van der Waals surface area contributed by atoms with E-state index in [0.29, 0.717) is 56.1 Å². The summed E-state index contributed by atoms with van der Waals surface area (Å²) in [5.41, 5.74) is 5.88. The number of hydrogen-bond donors (Lipinski definition) is 3. The zero-order valence-corrected chi connectivity index (χ0v) is 40.0. The Balaban J connectivity index is 1.04. The molecule has 19 heteroatoms. The molecule has 2 aliphatic rings. The van der Waals surface area contributed by atoms with Crippen molar-refractivity contribution in [2.24, 2.45) is 0 Å². The molecule has 1 unspecified atom stereocenters. The minimum atomic E-state index is -4.55. The van der Waals surface area contributed by atoms with Crippen LogP contribution in [0.3, 0.4) is 0 Å². The van der Waals surface area contributed by atoms with Crippen LogP contribution < -0.4 is 30.2 Å². The summed E-state index contributed by atoms with van der Waals surface area (Å²) < 4.78 is 54.4. The Morgan fingerprint density at radius 1 is 0.926 bits per heavy atom. The number of ether oxygens (including phenoxy) is 4. The maximum Gasteiger partial charge on any atom is 0.328 e. The molecule has 6 aromatic rings. The molecule has 5 aromatic carbocycles. The van der Waals surface area contributed by atoms with E-state index in [9.17, 15) is 28.1 Å². The number of hydrogen-bond acceptors (Lipinski definition) is 12. The van der Waals surface area contributed by atoms with Gasteiger partial charge in [0.2, 0.25) is 5.91 Å². The van der Waals surface area contributed by atoms with Crippen molar-refractivity contribution in [3.63, 3.8) is 0 Å². The zero-order valence-electron chi connectivity index (χ0n) is 36.9. The van der Waals surface area contributed by atoms with Gasteiger partial charge in [0.05, 0.1) is 28.8 Å². The number of benzene rings is 5. The number of methoxy groups -OCH3 is 1. The minimum absolute atomic E-state index is 0.0382. The number of amides is 3. The lowest BCUT2D eigenvalue weighted by atomic mass is 9.93. The van der Waals surface area contributed by atoms with Gasteiger partial charge in [-0.2, -0.15) is 9.57 Å². The van der Waals surface area contributed by atoms with E-state index < -0.39 is 46.1 Å². The number of rotatable bonds is 14. The van der Waals surface area contributed by atoms with E-state index >= 15 is 0 Å². The maximum atomic E-state index is 14.8. The van der Waals surface area contributed by atoms with Crippen molar-refractivity contribution < 1.29 is 41.7 Å². The standard InChI is InChI=1S/C49H44Cl2N6O9S2/c1-4-53-48(60)56-49-55-46(28(2)67-49)68(61,62)57-25-36-23-43-42(65-27-44(66-43)34-14-16-37(17-15-34)64-26-31-9-18-38(50)39(51)19-31)22-35(36)21-41(57)45(58)54-40(47(59)63-3)20-29-5-10-32(11-6-29)33-12-7-30(24-52)8-13-33/h5-19,22-23,40-41,44H,4,20-21,25-27H2,1-3H3,(H,54,58)(H2,53,55,56,60)/t40-,41-,44?/m0/s1. The number of halogens is 2. The lowest BCUT2D eigenvalue weighted by molar-refractivity contribution is -0.145. The van der Waals surface area contributed by atoms with Crippen LogP contribution in [0.5, 0.6) is 17.2 Å². The summed E-state index contributed by atoms with van der Waals surface area (Å²) in [6.07, 6.45) is -0.566. The van der Waals surface area contributed by atoms with Crippen LogP contribution in [0.4, 0.5) is 9.93 Å². The topological polar surface area (TPSA) is 198 Å². The molecule has 68 heavy (non-hydrogen) atoms. The molecule has 0 radical (unpaired) electrons. The molecule has 2 aliphatic heterocycles. The van der Waals surface area contributed by atoms with Crippen molar-refractivity contribution in [3.8, 4) is 34.4 Å². The Morgan fingerprint density at radius 2 is 1.62 bits per heavy atom. The molecule has 3 atom stereocenters. The van der Waals surface area contributed by atoms with E-state index in [0.717, 1.165) is 37.9 Å². The van der Waals surface area contributed by atoms with Crippen molar-refractivity contribution in [2.75, 3.05) is 25.6 Å². The summed E-state index contributed by atoms with van der Waals surface area (Å²) in [5.74, 6) is -0.0336. The van der Waals surface area contributed by atoms with Crippen LogP contribution in [0.2, 0.25) is 10.0 Å². The van der Waals surface area contributed by atoms with Crippen LogP contribution >= 0.6 is 34.5 Å². The van der Waals surface area contributed by atoms with Crippen molar-refractivity contribution in [2.45, 2.75) is 63.1 Å². The summed E-state index contributed by atoms with van der Waals surface area (Å²) in [6, 6.07) is 29.7. The number of nitrogens with zero attached hydrogens (tertiary/aromatic N) is 3. The molecule has 0 spiro atoms. The third-order valence-electron chi connectivity index (χ3n) is 11.4. The first-order valence-electron chi connectivity index (χ1n) is 21.4. The smallest absolute Gasteiger partial charge is 0.328 e. The molecule has 0 aliphatic carbocycles. The highest BCUT2D eigenvalue weighted by Crippen LogP contribution is 2.42. The minimum Gasteiger partial charge on any atom is -0.489 e. The van der Waals surface area contributed by atoms with E-state index in [1.54, 1.807) is 50.2 Å². The second-order valence-electron chi connectivity index (χ2n) is 15.9. The first kappa shape index (κ1) is 47.8. The summed E-state index contributed by atoms with van der Waals surface area (Å²) in [4.78, 5) is 44.8. The predicted octanol–water partition coefficient (Wildman–Crippen LogP) is 8.55. The fourth-order valence-electron chi connectivity index (χ4n) is 7.84. The van der Waals surface area contributed by atoms with Crippen molar-refractivity contribution in [3.05, 3.63) is 151 Å². The van der Waals surface area contributed by atoms with Gasteiger partial charge in [0.15, 0.2) is 27.8 Å². The van der Waals surface area contributed by atoms with Crippen molar-refractivity contribution >= 4 is 67.6 Å². The lowest BCUT2D eigenvalue weighted by Gasteiger charge is -2.36. The lowest BCUT2D eigenvalue weighted by Crippen LogP contribution is -2.56. The van der Waals surface area contributed by atoms with Crippen LogP contribution in [0.1, 0.15) is 51.3 Å². The largest absolute Gasteiger partial charge is 0.489 e. The Kier molecular flexibility index (Phi) is 14.5. The average Bonchev–Trinajstić information content (AvgIpc) is 3.72. The number of thiazole rings is 1. The maximum absolute atomic E-state index is 14.8. The monoisotopic (exact) mass is 994 g/mol. The fourth-order valence-corrected chi connectivity index (χ4v) is 11.0. The van der Waals surface area contributed by atoms with Crippen molar-refractivity contribution in [1.29, 1.82) is 5.26 Å². The number of sulfonamides is 1. The molecule has 3 N–H and O–H groups in total. The third kappa shape index (κ3) is 10.7. The van der Waals surface area contributed by atoms with Gasteiger partial charge in [-0.1, -0.05) is 77.8 Å². The second kappa shape index (κ2) is 20.7. The van der Waals surface area contributed by atoms with Gasteiger partial charge in [-0.15, -0.1) is 11.3 Å². The van der Waals surface area contributed by atoms with Crippen LogP contribution in [-0.2, 0) is 50.3 Å². The Bertz CT molecular complexity index is 3020. The average molecular weight is 996 g/mol. The Hall–Kier alpha value is -6.68. The van der Waals surface area contributed by atoms with Gasteiger partial charge in [0.25, 0.3) is 10.0 Å². The van der Waals surface area contributed by atoms with Gasteiger partial charge in [-0.3, -0.25) is 10.1 Å². The molecular formula is C49H44Cl2N6O9S2. The summed E-state index contributed by atoms with van der Waals surface area (Å²) >= 11 is 13.2. The van der Waals surface area contributed by atoms with Crippen molar-refractivity contribution in [1.82, 2.24) is 19.9 Å². The number of urea groups is 1. The van der Waals surface area contributed by atoms with E-state index in [1.807, 2.05) is 66.7 Å². The quantitative estimate of drug-likeness (QED) is 0.0884. The van der Waals surface area contributed by atoms with Gasteiger partial charge >= 0.3 is 12.0 Å². The Morgan fingerprint density at radius 3 is 2.29 bits per heavy atom. The highest BCUT2D eigenvalue weighted by molar-refractivity contribution is 7.89. The van der Waals surface area contributed by atoms with Gasteiger partial charge in [0, 0.05) is 24.4 Å². The van der Waals surface area contributed by atoms with Crippen LogP contribution in [0.15, 0.2) is 108 Å². The molecule has 0 saturated heterocycles. The van der Waals surface area contributed by atoms with Gasteiger partial charge in [0.1, 0.15) is 31.0 Å². The number of carbonyl (C=O) groups is 3. The fraction of sp³-hybridized carbons (Fsp3) is 0.245. The van der Waals surface area contributed by atoms with Gasteiger partial charge in [-0.05, 0) is 108 Å². The predicted molar refractivity (Wildman–Crippen MR) is 257 cm³/mol. The summed E-state index contributed by atoms with van der Waals surface area (Å²) in [5, 5.41) is 17.8. The Labute approximate surface area is 407 Å². The molecule has 0 saturated carbocycles. The second-order valence-corrected chi connectivity index (χ2v) is 19.7. The molecule has 8 rings (SSSR count). The summed E-state index contributed by atoms with van der Waals surface area (Å²) in [7, 11) is -3.34. The van der Waals surface area contributed by atoms with Crippen LogP contribution in [0.25, 0.3) is 11.1 Å². The van der Waals surface area contributed by atoms with Crippen LogP contribution in [0, 0.1) is 18.3 Å². The number of carbonyl (C=O) groups excluding carboxylic acids is 3. The summed E-state index contributed by atoms with van der Waals surface area (Å²) in [6.45, 7) is 3.83. The highest BCUT2D eigenvalue weighted by atomic mass is 35.5. The molecular weight excluding hydrogens is 952 g/mol. The molecule has 1 aromatic heterocycles. The number of esters is 1. The van der Waals surface area contributed by atoms with Crippen LogP contribution in [-0.4, -0.2) is 68.0 Å². The molecule has 350 valence electrons. The van der Waals surface area contributed by atoms with E-state index in [2.05, 4.69) is 27.0 Å². The highest BCUT2D eigenvalue weighted by Gasteiger charge is 2.43. The molecule has 15 nitrogen and oxygen atoms in total. The third-order valence-corrected chi connectivity index (χ3v) is 15.0. The normalized spacial score (nSPS) is 15.8. The molecule has 3 heterocycles. The number of anilines is 1. The number of nitriles is 1. The first-order valence-corrected chi connectivity index (χ1v) is 24.4. The molecule has 0 bridgehead atoms. The SMILES string of the molecule is CCNC(=O)Nc1nc(S(=O)(=O)N2Cc3cc4c(cc3C[C@H]2C(=O)N[C@@H](Cc2ccc(-c3ccc(C#N)cc3)cc2)C(=O)OC)OCC(c2ccc(OCc3ccc(Cl)c(Cl)c3)cc2)O4)c(C)s1. The first-order chi connectivity index (χ1) is 32.7. The van der Waals surface area contributed by atoms with E-state index in [-0.39, 0.29) is 47.6 Å². The zero-order chi connectivity index (χ0) is 48.1. The number of aromatic nitrogens is 1. The molecule has 3 amide bonds. The number of aryl methyl sites for hydroxylation is 1. The molecule has 0 fully saturated rings. The van der Waals surface area contributed by atoms with E-state index in [4.69, 9.17) is 42.1 Å². The van der Waals surface area contributed by atoms with Gasteiger partial charge in [-0.25, -0.2) is 23.0 Å².